The largest absolute Gasteiger partial charge is 0.497 e. The van der Waals surface area contributed by atoms with Gasteiger partial charge in [-0.15, -0.1) is 0 Å². The highest BCUT2D eigenvalue weighted by molar-refractivity contribution is 6.36. The lowest BCUT2D eigenvalue weighted by atomic mass is 10.1. The predicted molar refractivity (Wildman–Crippen MR) is 131 cm³/mol. The van der Waals surface area contributed by atoms with E-state index < -0.39 is 5.91 Å². The molecule has 0 aromatic heterocycles. The van der Waals surface area contributed by atoms with Gasteiger partial charge in [0, 0.05) is 18.1 Å². The van der Waals surface area contributed by atoms with Crippen molar-refractivity contribution in [3.05, 3.63) is 69.3 Å². The molecular formula is C25H30Cl2N2O3. The highest BCUT2D eigenvalue weighted by atomic mass is 35.5. The van der Waals surface area contributed by atoms with Crippen molar-refractivity contribution in [3.63, 3.8) is 0 Å². The molecule has 1 N–H and O–H groups in total. The third-order valence-corrected chi connectivity index (χ3v) is 5.09. The van der Waals surface area contributed by atoms with Gasteiger partial charge in [-0.25, -0.2) is 0 Å². The molecule has 0 bridgehead atoms. The van der Waals surface area contributed by atoms with E-state index in [1.54, 1.807) is 36.3 Å². The van der Waals surface area contributed by atoms with E-state index in [4.69, 9.17) is 27.9 Å². The molecule has 0 aliphatic carbocycles. The van der Waals surface area contributed by atoms with Crippen molar-refractivity contribution < 1.29 is 14.3 Å². The van der Waals surface area contributed by atoms with Crippen LogP contribution in [0.2, 0.25) is 10.0 Å². The van der Waals surface area contributed by atoms with E-state index in [1.165, 1.54) is 12.1 Å². The molecule has 0 saturated carbocycles. The van der Waals surface area contributed by atoms with Gasteiger partial charge in [0.25, 0.3) is 11.8 Å². The molecule has 5 nitrogen and oxygen atoms in total. The summed E-state index contributed by atoms with van der Waals surface area (Å²) in [5, 5.41) is 3.41. The lowest BCUT2D eigenvalue weighted by molar-refractivity contribution is -0.128. The second-order valence-corrected chi connectivity index (χ2v) is 9.25. The van der Waals surface area contributed by atoms with Crippen molar-refractivity contribution in [2.75, 3.05) is 20.2 Å². The molecule has 0 fully saturated rings. The molecule has 0 saturated heterocycles. The van der Waals surface area contributed by atoms with Crippen molar-refractivity contribution in [1.29, 1.82) is 0 Å². The van der Waals surface area contributed by atoms with E-state index in [-0.39, 0.29) is 34.0 Å². The second kappa shape index (κ2) is 11.9. The number of nitrogens with one attached hydrogen (secondary N) is 1. The van der Waals surface area contributed by atoms with Crippen LogP contribution in [0, 0.1) is 11.8 Å². The first-order valence-corrected chi connectivity index (χ1v) is 11.3. The van der Waals surface area contributed by atoms with Crippen LogP contribution in [0.5, 0.6) is 5.75 Å². The number of ether oxygens (including phenoxy) is 1. The molecule has 32 heavy (non-hydrogen) atoms. The Labute approximate surface area is 200 Å². The van der Waals surface area contributed by atoms with Crippen LogP contribution in [-0.2, 0) is 4.79 Å². The summed E-state index contributed by atoms with van der Waals surface area (Å²) >= 11 is 12.2. The van der Waals surface area contributed by atoms with Gasteiger partial charge in [-0.05, 0) is 53.8 Å². The van der Waals surface area contributed by atoms with Crippen LogP contribution in [0.15, 0.2) is 48.2 Å². The van der Waals surface area contributed by atoms with Crippen molar-refractivity contribution in [3.8, 4) is 5.75 Å². The lowest BCUT2D eigenvalue weighted by Crippen LogP contribution is -2.42. The maximum Gasteiger partial charge on any atom is 0.270 e. The summed E-state index contributed by atoms with van der Waals surface area (Å²) in [5.41, 5.74) is 1.17. The first-order valence-electron chi connectivity index (χ1n) is 10.5. The summed E-state index contributed by atoms with van der Waals surface area (Å²) in [7, 11) is 1.59. The second-order valence-electron chi connectivity index (χ2n) is 8.41. The van der Waals surface area contributed by atoms with E-state index in [0.29, 0.717) is 23.9 Å². The van der Waals surface area contributed by atoms with Gasteiger partial charge in [0.1, 0.15) is 11.4 Å². The van der Waals surface area contributed by atoms with Crippen LogP contribution in [0.3, 0.4) is 0 Å². The molecule has 172 valence electrons. The predicted octanol–water partition coefficient (Wildman–Crippen LogP) is 5.91. The van der Waals surface area contributed by atoms with E-state index in [1.807, 2.05) is 12.1 Å². The molecule has 0 aliphatic rings. The average molecular weight is 477 g/mol. The molecule has 0 spiro atoms. The third-order valence-electron chi connectivity index (χ3n) is 4.54. The summed E-state index contributed by atoms with van der Waals surface area (Å²) in [6, 6.07) is 11.9. The van der Waals surface area contributed by atoms with Gasteiger partial charge in [-0.2, -0.15) is 0 Å². The topological polar surface area (TPSA) is 58.6 Å². The first-order chi connectivity index (χ1) is 15.1. The number of rotatable bonds is 9. The van der Waals surface area contributed by atoms with Gasteiger partial charge in [0.15, 0.2) is 0 Å². The van der Waals surface area contributed by atoms with E-state index in [0.717, 1.165) is 5.56 Å². The number of hydrogen-bond acceptors (Lipinski definition) is 3. The van der Waals surface area contributed by atoms with Gasteiger partial charge in [-0.3, -0.25) is 9.59 Å². The molecule has 0 atom stereocenters. The number of amides is 2. The normalized spacial score (nSPS) is 11.6. The van der Waals surface area contributed by atoms with Gasteiger partial charge in [0.05, 0.1) is 17.7 Å². The van der Waals surface area contributed by atoms with Gasteiger partial charge in [0.2, 0.25) is 0 Å². The van der Waals surface area contributed by atoms with Gasteiger partial charge >= 0.3 is 0 Å². The van der Waals surface area contributed by atoms with Crippen molar-refractivity contribution in [2.45, 2.75) is 27.7 Å². The highest BCUT2D eigenvalue weighted by Crippen LogP contribution is 2.22. The minimum atomic E-state index is -0.478. The summed E-state index contributed by atoms with van der Waals surface area (Å²) in [6.07, 6.45) is 1.66. The molecular weight excluding hydrogens is 447 g/mol. The number of hydrogen-bond donors (Lipinski definition) is 1. The standard InChI is InChI=1S/C25H30Cl2N2O3/c1-16(2)14-29(15-17(3)4)25(31)23(12-18-6-9-20(32-5)10-7-18)28-24(30)21-11-8-19(26)13-22(21)27/h6-13,16-17H,14-15H2,1-5H3,(H,28,30)/b23-12+. The van der Waals surface area contributed by atoms with Gasteiger partial charge < -0.3 is 15.0 Å². The SMILES string of the molecule is COc1ccc(/C=C(/NC(=O)c2ccc(Cl)cc2Cl)C(=O)N(CC(C)C)CC(C)C)cc1. The Morgan fingerprint density at radius 1 is 1.00 bits per heavy atom. The van der Waals surface area contributed by atoms with E-state index in [9.17, 15) is 9.59 Å². The molecule has 0 heterocycles. The monoisotopic (exact) mass is 476 g/mol. The van der Waals surface area contributed by atoms with Crippen molar-refractivity contribution in [2.24, 2.45) is 11.8 Å². The Morgan fingerprint density at radius 2 is 1.59 bits per heavy atom. The number of carbonyl (C=O) groups excluding carboxylic acids is 2. The molecule has 0 aliphatic heterocycles. The fraction of sp³-hybridized carbons (Fsp3) is 0.360. The Morgan fingerprint density at radius 3 is 2.09 bits per heavy atom. The summed E-state index contributed by atoms with van der Waals surface area (Å²) in [4.78, 5) is 28.3. The Kier molecular flexibility index (Phi) is 9.60. The molecule has 0 radical (unpaired) electrons. The number of carbonyl (C=O) groups is 2. The fourth-order valence-corrected chi connectivity index (χ4v) is 3.67. The Bertz CT molecular complexity index is 960. The fourth-order valence-electron chi connectivity index (χ4n) is 3.17. The van der Waals surface area contributed by atoms with Crippen molar-refractivity contribution in [1.82, 2.24) is 10.2 Å². The maximum atomic E-state index is 13.5. The lowest BCUT2D eigenvalue weighted by Gasteiger charge is -2.27. The van der Waals surface area contributed by atoms with Crippen LogP contribution in [-0.4, -0.2) is 36.9 Å². The Balaban J connectivity index is 2.43. The van der Waals surface area contributed by atoms with E-state index >= 15 is 0 Å². The zero-order valence-corrected chi connectivity index (χ0v) is 20.6. The molecule has 7 heteroatoms. The quantitative estimate of drug-likeness (QED) is 0.457. The van der Waals surface area contributed by atoms with Crippen LogP contribution in [0.25, 0.3) is 6.08 Å². The maximum absolute atomic E-state index is 13.5. The zero-order chi connectivity index (χ0) is 23.8. The van der Waals surface area contributed by atoms with Crippen LogP contribution in [0.1, 0.15) is 43.6 Å². The van der Waals surface area contributed by atoms with Crippen LogP contribution >= 0.6 is 23.2 Å². The number of methoxy groups -OCH3 is 1. The summed E-state index contributed by atoms with van der Waals surface area (Å²) in [6.45, 7) is 9.38. The molecule has 2 aromatic carbocycles. The van der Waals surface area contributed by atoms with Crippen molar-refractivity contribution >= 4 is 41.1 Å². The molecule has 2 rings (SSSR count). The first kappa shape index (κ1) is 25.8. The smallest absolute Gasteiger partial charge is 0.270 e. The van der Waals surface area contributed by atoms with E-state index in [2.05, 4.69) is 33.0 Å². The highest BCUT2D eigenvalue weighted by Gasteiger charge is 2.23. The van der Waals surface area contributed by atoms with Crippen LogP contribution in [0.4, 0.5) is 0 Å². The molecule has 2 amide bonds. The number of benzene rings is 2. The average Bonchev–Trinajstić information content (AvgIpc) is 2.72. The summed E-state index contributed by atoms with van der Waals surface area (Å²) < 4.78 is 5.20. The van der Waals surface area contributed by atoms with Crippen LogP contribution < -0.4 is 10.1 Å². The minimum Gasteiger partial charge on any atom is -0.497 e. The molecule has 0 unspecified atom stereocenters. The number of halogens is 2. The zero-order valence-electron chi connectivity index (χ0n) is 19.1. The minimum absolute atomic E-state index is 0.174. The number of nitrogens with zero attached hydrogens (tertiary/aromatic N) is 1. The van der Waals surface area contributed by atoms with Gasteiger partial charge in [-0.1, -0.05) is 63.0 Å². The Hall–Kier alpha value is -2.50. The summed E-state index contributed by atoms with van der Waals surface area (Å²) in [5.74, 6) is 0.534. The third kappa shape index (κ3) is 7.57. The molecule has 2 aromatic rings.